The molecular weight excluding hydrogens is 246 g/mol. The van der Waals surface area contributed by atoms with Gasteiger partial charge in [0, 0.05) is 36.4 Å². The molecule has 3 rings (SSSR count). The van der Waals surface area contributed by atoms with E-state index in [9.17, 15) is 8.78 Å². The van der Waals surface area contributed by atoms with Crippen LogP contribution in [0.3, 0.4) is 0 Å². The van der Waals surface area contributed by atoms with Crippen LogP contribution in [0.15, 0.2) is 24.4 Å². The minimum absolute atomic E-state index is 0.249. The fraction of sp³-hybridized carbons (Fsp3) is 0.400. The van der Waals surface area contributed by atoms with Crippen LogP contribution in [0.4, 0.5) is 14.5 Å². The van der Waals surface area contributed by atoms with Gasteiger partial charge in [-0.15, -0.1) is 0 Å². The quantitative estimate of drug-likeness (QED) is 0.819. The lowest BCUT2D eigenvalue weighted by molar-refractivity contribution is 0.569. The molecule has 1 aliphatic rings. The summed E-state index contributed by atoms with van der Waals surface area (Å²) in [6.45, 7) is 4.07. The standard InChI is InChI=1S/C15H16F2N2/c1-2-10-4-6-19(9-10)14-3-5-18-15-12(14)7-11(16)8-13(15)17/h3,5,7-8,10H,2,4,6,9H2,1H3. The smallest absolute Gasteiger partial charge is 0.152 e. The molecule has 2 aromatic rings. The second kappa shape index (κ2) is 4.76. The number of halogens is 2. The van der Waals surface area contributed by atoms with E-state index in [4.69, 9.17) is 0 Å². The number of nitrogens with zero attached hydrogens (tertiary/aromatic N) is 2. The first-order valence-corrected chi connectivity index (χ1v) is 6.67. The van der Waals surface area contributed by atoms with E-state index in [2.05, 4.69) is 16.8 Å². The maximum Gasteiger partial charge on any atom is 0.152 e. The molecule has 0 spiro atoms. The van der Waals surface area contributed by atoms with E-state index >= 15 is 0 Å². The molecule has 2 nitrogen and oxygen atoms in total. The van der Waals surface area contributed by atoms with Gasteiger partial charge in [0.05, 0.1) is 0 Å². The second-order valence-electron chi connectivity index (χ2n) is 5.12. The fourth-order valence-electron chi connectivity index (χ4n) is 2.83. The first-order valence-electron chi connectivity index (χ1n) is 6.67. The molecule has 19 heavy (non-hydrogen) atoms. The fourth-order valence-corrected chi connectivity index (χ4v) is 2.83. The third-order valence-corrected chi connectivity index (χ3v) is 3.94. The van der Waals surface area contributed by atoms with Crippen LogP contribution in [-0.2, 0) is 0 Å². The number of pyridine rings is 1. The maximum atomic E-state index is 13.7. The van der Waals surface area contributed by atoms with E-state index in [1.54, 1.807) is 6.20 Å². The predicted molar refractivity (Wildman–Crippen MR) is 72.3 cm³/mol. The summed E-state index contributed by atoms with van der Waals surface area (Å²) in [5.74, 6) is -0.477. The van der Waals surface area contributed by atoms with Crippen LogP contribution in [0.2, 0.25) is 0 Å². The van der Waals surface area contributed by atoms with Gasteiger partial charge in [0.15, 0.2) is 5.82 Å². The molecule has 1 atom stereocenters. The Morgan fingerprint density at radius 3 is 2.95 bits per heavy atom. The molecule has 1 aliphatic heterocycles. The lowest BCUT2D eigenvalue weighted by atomic mass is 10.1. The van der Waals surface area contributed by atoms with E-state index in [-0.39, 0.29) is 5.52 Å². The van der Waals surface area contributed by atoms with Crippen LogP contribution < -0.4 is 4.90 Å². The van der Waals surface area contributed by atoms with Gasteiger partial charge in [-0.05, 0) is 24.5 Å². The van der Waals surface area contributed by atoms with E-state index in [0.717, 1.165) is 37.7 Å². The first kappa shape index (κ1) is 12.3. The van der Waals surface area contributed by atoms with Crippen LogP contribution in [-0.4, -0.2) is 18.1 Å². The van der Waals surface area contributed by atoms with Crippen molar-refractivity contribution in [3.05, 3.63) is 36.0 Å². The van der Waals surface area contributed by atoms with Crippen molar-refractivity contribution in [3.8, 4) is 0 Å². The SMILES string of the molecule is CCC1CCN(c2ccnc3c(F)cc(F)cc23)C1. The Kier molecular flexibility index (Phi) is 3.09. The molecule has 1 aromatic heterocycles. The number of hydrogen-bond acceptors (Lipinski definition) is 2. The maximum absolute atomic E-state index is 13.7. The molecule has 1 aromatic carbocycles. The summed E-state index contributed by atoms with van der Waals surface area (Å²) in [5, 5.41) is 0.566. The van der Waals surface area contributed by atoms with Crippen molar-refractivity contribution < 1.29 is 8.78 Å². The largest absolute Gasteiger partial charge is 0.371 e. The number of hydrogen-bond donors (Lipinski definition) is 0. The Balaban J connectivity index is 2.09. The first-order chi connectivity index (χ1) is 9.19. The average Bonchev–Trinajstić information content (AvgIpc) is 2.86. The average molecular weight is 262 g/mol. The van der Waals surface area contributed by atoms with Gasteiger partial charge in [0.2, 0.25) is 0 Å². The Morgan fingerprint density at radius 1 is 1.37 bits per heavy atom. The Morgan fingerprint density at radius 2 is 2.21 bits per heavy atom. The minimum Gasteiger partial charge on any atom is -0.371 e. The van der Waals surface area contributed by atoms with Crippen LogP contribution in [0, 0.1) is 17.6 Å². The zero-order valence-electron chi connectivity index (χ0n) is 10.9. The zero-order chi connectivity index (χ0) is 13.4. The van der Waals surface area contributed by atoms with Gasteiger partial charge in [0.25, 0.3) is 0 Å². The van der Waals surface area contributed by atoms with E-state index in [1.165, 1.54) is 6.07 Å². The molecule has 0 N–H and O–H groups in total. The topological polar surface area (TPSA) is 16.1 Å². The van der Waals surface area contributed by atoms with Gasteiger partial charge in [0.1, 0.15) is 11.3 Å². The Labute approximate surface area is 111 Å². The van der Waals surface area contributed by atoms with Crippen molar-refractivity contribution in [1.82, 2.24) is 4.98 Å². The molecule has 2 heterocycles. The summed E-state index contributed by atoms with van der Waals surface area (Å²) in [5.41, 5.74) is 1.14. The molecule has 1 fully saturated rings. The monoisotopic (exact) mass is 262 g/mol. The molecule has 0 bridgehead atoms. The Hall–Kier alpha value is -1.71. The van der Waals surface area contributed by atoms with Crippen molar-refractivity contribution in [3.63, 3.8) is 0 Å². The van der Waals surface area contributed by atoms with Crippen molar-refractivity contribution in [2.75, 3.05) is 18.0 Å². The summed E-state index contributed by atoms with van der Waals surface area (Å²) < 4.78 is 27.2. The van der Waals surface area contributed by atoms with Gasteiger partial charge in [-0.2, -0.15) is 0 Å². The molecular formula is C15H16F2N2. The van der Waals surface area contributed by atoms with Gasteiger partial charge in [-0.3, -0.25) is 4.98 Å². The third kappa shape index (κ3) is 2.15. The molecule has 4 heteroatoms. The van der Waals surface area contributed by atoms with Gasteiger partial charge >= 0.3 is 0 Å². The lowest BCUT2D eigenvalue weighted by Gasteiger charge is -2.20. The van der Waals surface area contributed by atoms with Crippen LogP contribution >= 0.6 is 0 Å². The van der Waals surface area contributed by atoms with Crippen LogP contribution in [0.5, 0.6) is 0 Å². The van der Waals surface area contributed by atoms with Crippen LogP contribution in [0.1, 0.15) is 19.8 Å². The highest BCUT2D eigenvalue weighted by molar-refractivity contribution is 5.92. The third-order valence-electron chi connectivity index (χ3n) is 3.94. The molecule has 1 saturated heterocycles. The number of rotatable bonds is 2. The highest BCUT2D eigenvalue weighted by Gasteiger charge is 2.23. The lowest BCUT2D eigenvalue weighted by Crippen LogP contribution is -2.20. The molecule has 0 amide bonds. The van der Waals surface area contributed by atoms with E-state index < -0.39 is 11.6 Å². The van der Waals surface area contributed by atoms with Crippen LogP contribution in [0.25, 0.3) is 10.9 Å². The van der Waals surface area contributed by atoms with Crippen molar-refractivity contribution in [2.24, 2.45) is 5.92 Å². The van der Waals surface area contributed by atoms with Crippen molar-refractivity contribution in [2.45, 2.75) is 19.8 Å². The van der Waals surface area contributed by atoms with E-state index in [1.807, 2.05) is 6.07 Å². The predicted octanol–water partition coefficient (Wildman–Crippen LogP) is 3.75. The van der Waals surface area contributed by atoms with Crippen molar-refractivity contribution >= 4 is 16.6 Å². The zero-order valence-corrected chi connectivity index (χ0v) is 10.9. The van der Waals surface area contributed by atoms with Gasteiger partial charge in [-0.25, -0.2) is 8.78 Å². The summed E-state index contributed by atoms with van der Waals surface area (Å²) >= 11 is 0. The Bertz CT molecular complexity index is 612. The van der Waals surface area contributed by atoms with Gasteiger partial charge < -0.3 is 4.90 Å². The molecule has 0 radical (unpaired) electrons. The highest BCUT2D eigenvalue weighted by Crippen LogP contribution is 2.32. The normalized spacial score (nSPS) is 19.3. The number of benzene rings is 1. The molecule has 0 saturated carbocycles. The number of aromatic nitrogens is 1. The summed E-state index contributed by atoms with van der Waals surface area (Å²) in [6.07, 6.45) is 3.87. The molecule has 1 unspecified atom stereocenters. The summed E-state index contributed by atoms with van der Waals surface area (Å²) in [6, 6.07) is 4.11. The molecule has 100 valence electrons. The number of anilines is 1. The number of fused-ring (bicyclic) bond motifs is 1. The summed E-state index contributed by atoms with van der Waals surface area (Å²) in [7, 11) is 0. The second-order valence-corrected chi connectivity index (χ2v) is 5.12. The summed E-state index contributed by atoms with van der Waals surface area (Å²) in [4.78, 5) is 6.23. The van der Waals surface area contributed by atoms with E-state index in [0.29, 0.717) is 11.3 Å². The highest BCUT2D eigenvalue weighted by atomic mass is 19.1. The molecule has 0 aliphatic carbocycles. The van der Waals surface area contributed by atoms with Gasteiger partial charge in [-0.1, -0.05) is 13.3 Å². The minimum atomic E-state index is -0.594. The van der Waals surface area contributed by atoms with Crippen molar-refractivity contribution in [1.29, 1.82) is 0 Å².